The second kappa shape index (κ2) is 7.13. The van der Waals surface area contributed by atoms with Gasteiger partial charge in [0.1, 0.15) is 0 Å². The first-order chi connectivity index (χ1) is 8.38. The Kier molecular flexibility index (Phi) is 6.13. The topological polar surface area (TPSA) is 32.3 Å². The zero-order chi connectivity index (χ0) is 13.6. The van der Waals surface area contributed by atoms with E-state index >= 15 is 0 Å². The van der Waals surface area contributed by atoms with E-state index in [4.69, 9.17) is 0 Å². The molecule has 3 heteroatoms. The molecule has 1 rings (SSSR count). The van der Waals surface area contributed by atoms with Gasteiger partial charge in [0.15, 0.2) is 0 Å². The van der Waals surface area contributed by atoms with Gasteiger partial charge in [-0.1, -0.05) is 19.3 Å². The molecule has 0 heterocycles. The van der Waals surface area contributed by atoms with Crippen LogP contribution in [0.25, 0.3) is 0 Å². The van der Waals surface area contributed by atoms with Crippen LogP contribution in [0.1, 0.15) is 59.3 Å². The highest BCUT2D eigenvalue weighted by Crippen LogP contribution is 2.24. The average Bonchev–Trinajstić information content (AvgIpc) is 2.28. The van der Waals surface area contributed by atoms with E-state index in [9.17, 15) is 4.79 Å². The van der Waals surface area contributed by atoms with Crippen LogP contribution >= 0.6 is 0 Å². The van der Waals surface area contributed by atoms with Crippen LogP contribution in [0.2, 0.25) is 0 Å². The van der Waals surface area contributed by atoms with Crippen molar-refractivity contribution in [1.29, 1.82) is 0 Å². The van der Waals surface area contributed by atoms with E-state index < -0.39 is 0 Å². The van der Waals surface area contributed by atoms with Crippen molar-refractivity contribution in [2.75, 3.05) is 20.1 Å². The van der Waals surface area contributed by atoms with Gasteiger partial charge in [0, 0.05) is 32.1 Å². The van der Waals surface area contributed by atoms with Gasteiger partial charge in [-0.2, -0.15) is 0 Å². The first-order valence-corrected chi connectivity index (χ1v) is 7.37. The van der Waals surface area contributed by atoms with Crippen molar-refractivity contribution in [3.63, 3.8) is 0 Å². The maximum atomic E-state index is 12.0. The molecular weight excluding hydrogens is 224 g/mol. The van der Waals surface area contributed by atoms with Crippen LogP contribution < -0.4 is 5.32 Å². The molecule has 0 saturated heterocycles. The van der Waals surface area contributed by atoms with Gasteiger partial charge in [0.05, 0.1) is 0 Å². The number of nitrogens with zero attached hydrogens (tertiary/aromatic N) is 1. The number of carbonyl (C=O) groups is 1. The fourth-order valence-corrected chi connectivity index (χ4v) is 2.59. The predicted octanol–water partition coefficient (Wildman–Crippen LogP) is 2.80. The number of nitrogens with one attached hydrogen (secondary N) is 1. The van der Waals surface area contributed by atoms with E-state index in [1.54, 1.807) is 0 Å². The molecule has 18 heavy (non-hydrogen) atoms. The van der Waals surface area contributed by atoms with Crippen LogP contribution in [0.5, 0.6) is 0 Å². The summed E-state index contributed by atoms with van der Waals surface area (Å²) in [5.41, 5.74) is 0.0994. The molecule has 0 radical (unpaired) electrons. The summed E-state index contributed by atoms with van der Waals surface area (Å²) >= 11 is 0. The minimum absolute atomic E-state index is 0.0994. The van der Waals surface area contributed by atoms with Crippen LogP contribution in [0.3, 0.4) is 0 Å². The molecule has 1 saturated carbocycles. The third-order valence-corrected chi connectivity index (χ3v) is 3.68. The van der Waals surface area contributed by atoms with E-state index in [1.807, 2.05) is 11.9 Å². The predicted molar refractivity (Wildman–Crippen MR) is 76.6 cm³/mol. The molecular formula is C15H30N2O. The van der Waals surface area contributed by atoms with Crippen molar-refractivity contribution in [2.45, 2.75) is 64.8 Å². The zero-order valence-corrected chi connectivity index (χ0v) is 12.6. The van der Waals surface area contributed by atoms with Gasteiger partial charge in [-0.25, -0.2) is 0 Å². The summed E-state index contributed by atoms with van der Waals surface area (Å²) in [6, 6.07) is 0. The molecule has 1 amide bonds. The van der Waals surface area contributed by atoms with Crippen LogP contribution in [0, 0.1) is 5.92 Å². The van der Waals surface area contributed by atoms with Crippen molar-refractivity contribution in [1.82, 2.24) is 10.2 Å². The number of amides is 1. The average molecular weight is 254 g/mol. The Morgan fingerprint density at radius 2 is 1.83 bits per heavy atom. The fraction of sp³-hybridized carbons (Fsp3) is 0.933. The van der Waals surface area contributed by atoms with Crippen LogP contribution in [-0.4, -0.2) is 36.5 Å². The minimum atomic E-state index is 0.0994. The second-order valence-electron chi connectivity index (χ2n) is 6.71. The third-order valence-electron chi connectivity index (χ3n) is 3.68. The summed E-state index contributed by atoms with van der Waals surface area (Å²) in [6.45, 7) is 8.11. The molecule has 1 fully saturated rings. The highest BCUT2D eigenvalue weighted by Gasteiger charge is 2.18. The van der Waals surface area contributed by atoms with E-state index in [2.05, 4.69) is 26.1 Å². The molecule has 1 aliphatic rings. The summed E-state index contributed by atoms with van der Waals surface area (Å²) in [4.78, 5) is 13.9. The zero-order valence-electron chi connectivity index (χ0n) is 12.6. The van der Waals surface area contributed by atoms with E-state index in [1.165, 1.54) is 32.1 Å². The minimum Gasteiger partial charge on any atom is -0.345 e. The van der Waals surface area contributed by atoms with Crippen molar-refractivity contribution in [3.8, 4) is 0 Å². The lowest BCUT2D eigenvalue weighted by molar-refractivity contribution is -0.130. The molecule has 1 N–H and O–H groups in total. The fourth-order valence-electron chi connectivity index (χ4n) is 2.59. The molecule has 0 aliphatic heterocycles. The van der Waals surface area contributed by atoms with Gasteiger partial charge >= 0.3 is 0 Å². The molecule has 0 unspecified atom stereocenters. The Hall–Kier alpha value is -0.570. The SMILES string of the molecule is CN(CC1CCCCC1)C(=O)CCNC(C)(C)C. The summed E-state index contributed by atoms with van der Waals surface area (Å²) in [5, 5.41) is 3.36. The number of rotatable bonds is 5. The van der Waals surface area contributed by atoms with Gasteiger partial charge in [0.25, 0.3) is 0 Å². The Morgan fingerprint density at radius 1 is 1.22 bits per heavy atom. The molecule has 0 aromatic rings. The summed E-state index contributed by atoms with van der Waals surface area (Å²) in [7, 11) is 1.95. The molecule has 1 aliphatic carbocycles. The first-order valence-electron chi connectivity index (χ1n) is 7.37. The lowest BCUT2D eigenvalue weighted by atomic mass is 9.89. The Bertz CT molecular complexity index is 252. The lowest BCUT2D eigenvalue weighted by Gasteiger charge is -2.27. The molecule has 0 atom stereocenters. The summed E-state index contributed by atoms with van der Waals surface area (Å²) in [6.07, 6.45) is 7.29. The van der Waals surface area contributed by atoms with Crippen LogP contribution in [0.15, 0.2) is 0 Å². The van der Waals surface area contributed by atoms with Crippen molar-refractivity contribution in [3.05, 3.63) is 0 Å². The largest absolute Gasteiger partial charge is 0.345 e. The number of hydrogen-bond acceptors (Lipinski definition) is 2. The highest BCUT2D eigenvalue weighted by atomic mass is 16.2. The van der Waals surface area contributed by atoms with Crippen molar-refractivity contribution < 1.29 is 4.79 Å². The quantitative estimate of drug-likeness (QED) is 0.818. The maximum Gasteiger partial charge on any atom is 0.223 e. The van der Waals surface area contributed by atoms with Gasteiger partial charge in [0.2, 0.25) is 5.91 Å². The first kappa shape index (κ1) is 15.5. The van der Waals surface area contributed by atoms with E-state index in [0.717, 1.165) is 19.0 Å². The van der Waals surface area contributed by atoms with Gasteiger partial charge in [-0.15, -0.1) is 0 Å². The molecule has 0 bridgehead atoms. The van der Waals surface area contributed by atoms with Gasteiger partial charge in [-0.05, 0) is 39.5 Å². The Labute approximate surface area is 112 Å². The molecule has 0 spiro atoms. The third kappa shape index (κ3) is 6.39. The molecule has 0 aromatic carbocycles. The monoisotopic (exact) mass is 254 g/mol. The molecule has 0 aromatic heterocycles. The lowest BCUT2D eigenvalue weighted by Crippen LogP contribution is -2.39. The standard InChI is InChI=1S/C15H30N2O/c1-15(2,3)16-11-10-14(18)17(4)12-13-8-6-5-7-9-13/h13,16H,5-12H2,1-4H3. The van der Waals surface area contributed by atoms with Crippen LogP contribution in [-0.2, 0) is 4.79 Å². The van der Waals surface area contributed by atoms with E-state index in [-0.39, 0.29) is 11.4 Å². The maximum absolute atomic E-state index is 12.0. The number of hydrogen-bond donors (Lipinski definition) is 1. The summed E-state index contributed by atoms with van der Waals surface area (Å²) in [5.74, 6) is 1.01. The normalized spacial score (nSPS) is 17.8. The van der Waals surface area contributed by atoms with Gasteiger partial charge in [-0.3, -0.25) is 4.79 Å². The molecule has 106 valence electrons. The van der Waals surface area contributed by atoms with Gasteiger partial charge < -0.3 is 10.2 Å². The molecule has 3 nitrogen and oxygen atoms in total. The van der Waals surface area contributed by atoms with Crippen molar-refractivity contribution in [2.24, 2.45) is 5.92 Å². The van der Waals surface area contributed by atoms with E-state index in [0.29, 0.717) is 6.42 Å². The number of carbonyl (C=O) groups excluding carboxylic acids is 1. The van der Waals surface area contributed by atoms with Crippen LogP contribution in [0.4, 0.5) is 0 Å². The highest BCUT2D eigenvalue weighted by molar-refractivity contribution is 5.76. The van der Waals surface area contributed by atoms with Crippen molar-refractivity contribution >= 4 is 5.91 Å². The second-order valence-corrected chi connectivity index (χ2v) is 6.71. The smallest absolute Gasteiger partial charge is 0.223 e. The Balaban J connectivity index is 2.19. The Morgan fingerprint density at radius 3 is 2.39 bits per heavy atom. The summed E-state index contributed by atoms with van der Waals surface area (Å²) < 4.78 is 0.